The molecule has 0 fully saturated rings. The van der Waals surface area contributed by atoms with E-state index in [-0.39, 0.29) is 11.8 Å². The fourth-order valence-corrected chi connectivity index (χ4v) is 4.28. The predicted octanol–water partition coefficient (Wildman–Crippen LogP) is 3.76. The second-order valence-electron chi connectivity index (χ2n) is 9.05. The van der Waals surface area contributed by atoms with Crippen molar-refractivity contribution in [3.05, 3.63) is 103 Å². The molecule has 0 bridgehead atoms. The first kappa shape index (κ1) is 24.9. The maximum absolute atomic E-state index is 13.2. The molecule has 192 valence electrons. The van der Waals surface area contributed by atoms with Crippen LogP contribution in [0.15, 0.2) is 91.8 Å². The van der Waals surface area contributed by atoms with Crippen LogP contribution in [0.1, 0.15) is 28.8 Å². The minimum atomic E-state index is -0.666. The number of imidazole rings is 2. The number of H-pyrrole nitrogens is 1. The zero-order valence-electron chi connectivity index (χ0n) is 20.9. The first-order chi connectivity index (χ1) is 18.7. The highest BCUT2D eigenvalue weighted by molar-refractivity contribution is 6.00. The summed E-state index contributed by atoms with van der Waals surface area (Å²) in [6, 6.07) is 18.3. The van der Waals surface area contributed by atoms with E-state index in [1.165, 1.54) is 0 Å². The van der Waals surface area contributed by atoms with E-state index in [1.54, 1.807) is 43.1 Å². The van der Waals surface area contributed by atoms with Crippen molar-refractivity contribution in [2.75, 3.05) is 6.54 Å². The quantitative estimate of drug-likeness (QED) is 0.235. The van der Waals surface area contributed by atoms with Gasteiger partial charge in [0.05, 0.1) is 17.4 Å². The first-order valence-corrected chi connectivity index (χ1v) is 12.6. The largest absolute Gasteiger partial charge is 0.354 e. The predicted molar refractivity (Wildman–Crippen MR) is 145 cm³/mol. The molecule has 3 aromatic heterocycles. The summed E-state index contributed by atoms with van der Waals surface area (Å²) in [5.41, 5.74) is 3.98. The number of nitrogens with one attached hydrogen (secondary N) is 3. The van der Waals surface area contributed by atoms with Crippen molar-refractivity contribution in [1.82, 2.24) is 35.1 Å². The van der Waals surface area contributed by atoms with Crippen molar-refractivity contribution in [2.24, 2.45) is 0 Å². The highest BCUT2D eigenvalue weighted by atomic mass is 16.2. The van der Waals surface area contributed by atoms with Crippen molar-refractivity contribution in [2.45, 2.75) is 31.8 Å². The Morgan fingerprint density at radius 3 is 2.61 bits per heavy atom. The summed E-state index contributed by atoms with van der Waals surface area (Å²) in [4.78, 5) is 42.3. The second-order valence-corrected chi connectivity index (χ2v) is 9.05. The standard InChI is InChI=1S/C29H29N7O2/c37-28(23-8-10-24-26(19-23)34-27(33-24)22-11-14-30-15-12-22)35-25(9-7-21-5-2-1-3-6-21)29(38)32-13-4-17-36-18-16-31-20-36/h1-3,5-6,8,10-12,14-16,18-20,25H,4,7,9,13,17H2,(H,32,38)(H,33,34)(H,35,37). The zero-order valence-corrected chi connectivity index (χ0v) is 20.9. The molecule has 9 nitrogen and oxygen atoms in total. The number of carbonyl (C=O) groups is 2. The Labute approximate surface area is 220 Å². The molecule has 0 spiro atoms. The van der Waals surface area contributed by atoms with Gasteiger partial charge in [0.1, 0.15) is 11.9 Å². The molecule has 0 radical (unpaired) electrons. The molecular formula is C29H29N7O2. The van der Waals surface area contributed by atoms with Crippen LogP contribution in [0.25, 0.3) is 22.4 Å². The van der Waals surface area contributed by atoms with Crippen molar-refractivity contribution in [3.8, 4) is 11.4 Å². The molecule has 38 heavy (non-hydrogen) atoms. The van der Waals surface area contributed by atoms with Crippen LogP contribution in [0.4, 0.5) is 0 Å². The Hall–Kier alpha value is -4.79. The van der Waals surface area contributed by atoms with Crippen LogP contribution in [0.2, 0.25) is 0 Å². The van der Waals surface area contributed by atoms with Gasteiger partial charge < -0.3 is 20.2 Å². The molecule has 0 aliphatic heterocycles. The van der Waals surface area contributed by atoms with Gasteiger partial charge in [0, 0.05) is 49.0 Å². The Morgan fingerprint density at radius 2 is 1.82 bits per heavy atom. The lowest BCUT2D eigenvalue weighted by molar-refractivity contribution is -0.123. The van der Waals surface area contributed by atoms with Crippen molar-refractivity contribution in [3.63, 3.8) is 0 Å². The molecule has 1 unspecified atom stereocenters. The van der Waals surface area contributed by atoms with E-state index in [9.17, 15) is 9.59 Å². The first-order valence-electron chi connectivity index (χ1n) is 12.6. The van der Waals surface area contributed by atoms with E-state index < -0.39 is 6.04 Å². The molecule has 9 heteroatoms. The number of fused-ring (bicyclic) bond motifs is 1. The highest BCUT2D eigenvalue weighted by Gasteiger charge is 2.21. The zero-order chi connectivity index (χ0) is 26.2. The number of amides is 2. The Bertz CT molecular complexity index is 1480. The minimum absolute atomic E-state index is 0.192. The SMILES string of the molecule is O=C(NC(CCc1ccccc1)C(=O)NCCCn1ccnc1)c1ccc2nc(-c3ccncc3)[nH]c2c1. The number of hydrogen-bond acceptors (Lipinski definition) is 5. The fraction of sp³-hybridized carbons (Fsp3) is 0.207. The number of aromatic nitrogens is 5. The summed E-state index contributed by atoms with van der Waals surface area (Å²) >= 11 is 0. The summed E-state index contributed by atoms with van der Waals surface area (Å²) < 4.78 is 1.96. The number of aromatic amines is 1. The van der Waals surface area contributed by atoms with Crippen LogP contribution in [0.3, 0.4) is 0 Å². The van der Waals surface area contributed by atoms with Gasteiger partial charge in [-0.15, -0.1) is 0 Å². The maximum Gasteiger partial charge on any atom is 0.252 e. The lowest BCUT2D eigenvalue weighted by Crippen LogP contribution is -2.47. The van der Waals surface area contributed by atoms with Crippen LogP contribution < -0.4 is 10.6 Å². The summed E-state index contributed by atoms with van der Waals surface area (Å²) in [7, 11) is 0. The number of rotatable bonds is 11. The Morgan fingerprint density at radius 1 is 0.974 bits per heavy atom. The van der Waals surface area contributed by atoms with Crippen LogP contribution in [-0.2, 0) is 17.8 Å². The van der Waals surface area contributed by atoms with E-state index in [4.69, 9.17) is 0 Å². The van der Waals surface area contributed by atoms with E-state index >= 15 is 0 Å². The highest BCUT2D eigenvalue weighted by Crippen LogP contribution is 2.21. The van der Waals surface area contributed by atoms with E-state index in [1.807, 2.05) is 53.2 Å². The van der Waals surface area contributed by atoms with Gasteiger partial charge in [-0.3, -0.25) is 14.6 Å². The van der Waals surface area contributed by atoms with Gasteiger partial charge in [0.15, 0.2) is 0 Å². The minimum Gasteiger partial charge on any atom is -0.354 e. The molecule has 3 heterocycles. The normalized spacial score (nSPS) is 11.8. The van der Waals surface area contributed by atoms with Gasteiger partial charge >= 0.3 is 0 Å². The molecule has 0 aliphatic carbocycles. The molecule has 5 rings (SSSR count). The Kier molecular flexibility index (Phi) is 7.83. The average molecular weight is 508 g/mol. The fourth-order valence-electron chi connectivity index (χ4n) is 4.28. The monoisotopic (exact) mass is 507 g/mol. The molecular weight excluding hydrogens is 478 g/mol. The second kappa shape index (κ2) is 12.0. The number of pyridine rings is 1. The van der Waals surface area contributed by atoms with Gasteiger partial charge in [0.25, 0.3) is 5.91 Å². The number of benzene rings is 2. The van der Waals surface area contributed by atoms with Gasteiger partial charge in [-0.25, -0.2) is 9.97 Å². The number of carbonyl (C=O) groups excluding carboxylic acids is 2. The van der Waals surface area contributed by atoms with Crippen LogP contribution in [0, 0.1) is 0 Å². The third kappa shape index (κ3) is 6.31. The molecule has 0 saturated carbocycles. The molecule has 2 amide bonds. The van der Waals surface area contributed by atoms with Crippen LogP contribution in [-0.4, -0.2) is 48.9 Å². The van der Waals surface area contributed by atoms with Crippen LogP contribution >= 0.6 is 0 Å². The Balaban J connectivity index is 1.26. The van der Waals surface area contributed by atoms with Crippen LogP contribution in [0.5, 0.6) is 0 Å². The summed E-state index contributed by atoms with van der Waals surface area (Å²) in [6.45, 7) is 1.26. The molecule has 0 saturated heterocycles. The lowest BCUT2D eigenvalue weighted by Gasteiger charge is -2.19. The number of aryl methyl sites for hydroxylation is 2. The third-order valence-electron chi connectivity index (χ3n) is 6.34. The topological polar surface area (TPSA) is 118 Å². The van der Waals surface area contributed by atoms with Crippen molar-refractivity contribution in [1.29, 1.82) is 0 Å². The molecule has 2 aromatic carbocycles. The number of hydrogen-bond donors (Lipinski definition) is 3. The summed E-state index contributed by atoms with van der Waals surface area (Å²) in [5, 5.41) is 5.93. The molecule has 1 atom stereocenters. The van der Waals surface area contributed by atoms with Gasteiger partial charge in [0.2, 0.25) is 5.91 Å². The molecule has 0 aliphatic rings. The van der Waals surface area contributed by atoms with Gasteiger partial charge in [-0.2, -0.15) is 0 Å². The summed E-state index contributed by atoms with van der Waals surface area (Å²) in [6.07, 6.45) is 10.7. The average Bonchev–Trinajstić information content (AvgIpc) is 3.64. The van der Waals surface area contributed by atoms with E-state index in [0.29, 0.717) is 30.8 Å². The maximum atomic E-state index is 13.2. The van der Waals surface area contributed by atoms with Crippen molar-refractivity contribution < 1.29 is 9.59 Å². The lowest BCUT2D eigenvalue weighted by atomic mass is 10.0. The van der Waals surface area contributed by atoms with Gasteiger partial charge in [-0.05, 0) is 55.2 Å². The molecule has 5 aromatic rings. The third-order valence-corrected chi connectivity index (χ3v) is 6.34. The van der Waals surface area contributed by atoms with E-state index in [0.717, 1.165) is 35.1 Å². The van der Waals surface area contributed by atoms with Crippen molar-refractivity contribution >= 4 is 22.8 Å². The number of nitrogens with zero attached hydrogens (tertiary/aromatic N) is 4. The van der Waals surface area contributed by atoms with E-state index in [2.05, 4.69) is 30.6 Å². The van der Waals surface area contributed by atoms with Gasteiger partial charge in [-0.1, -0.05) is 30.3 Å². The molecule has 3 N–H and O–H groups in total. The summed E-state index contributed by atoms with van der Waals surface area (Å²) in [5.74, 6) is 0.205. The smallest absolute Gasteiger partial charge is 0.252 e.